The fraction of sp³-hybridized carbons (Fsp3) is 0.100. The summed E-state index contributed by atoms with van der Waals surface area (Å²) in [5, 5.41) is 0.449. The highest BCUT2D eigenvalue weighted by Crippen LogP contribution is 2.60. The van der Waals surface area contributed by atoms with Gasteiger partial charge in [0, 0.05) is 17.5 Å². The Morgan fingerprint density at radius 3 is 2.20 bits per heavy atom. The molecule has 1 aromatic carbocycles. The molecule has 0 fully saturated rings. The number of rotatable bonds is 6. The summed E-state index contributed by atoms with van der Waals surface area (Å²) in [6, 6.07) is 4.56. The molecule has 1 aromatic heterocycles. The fourth-order valence-electron chi connectivity index (χ4n) is 1.77. The summed E-state index contributed by atoms with van der Waals surface area (Å²) >= 11 is 0. The molecule has 0 aliphatic carbocycles. The Hall–Kier alpha value is -1.32. The molecule has 15 heteroatoms. The zero-order valence-corrected chi connectivity index (χ0v) is 14.7. The van der Waals surface area contributed by atoms with E-state index in [1.165, 1.54) is 12.1 Å². The summed E-state index contributed by atoms with van der Waals surface area (Å²) in [5.74, 6) is -0.507. The molecule has 0 amide bonds. The predicted octanol–water partition coefficient (Wildman–Crippen LogP) is -0.721. The molecule has 0 bridgehead atoms. The Morgan fingerprint density at radius 2 is 1.60 bits per heavy atom. The van der Waals surface area contributed by atoms with Crippen LogP contribution in [-0.4, -0.2) is 0 Å². The summed E-state index contributed by atoms with van der Waals surface area (Å²) in [6.45, 7) is 1.59. The van der Waals surface area contributed by atoms with Crippen molar-refractivity contribution in [2.75, 3.05) is 0 Å². The van der Waals surface area contributed by atoms with Gasteiger partial charge in [0.25, 0.3) is 7.82 Å². The van der Waals surface area contributed by atoms with Gasteiger partial charge in [0.05, 0.1) is 7.82 Å². The molecule has 12 nitrogen and oxygen atoms in total. The van der Waals surface area contributed by atoms with E-state index < -0.39 is 34.8 Å². The normalized spacial score (nSPS) is 17.0. The third-order valence-electron chi connectivity index (χ3n) is 2.54. The molecule has 2 unspecified atom stereocenters. The van der Waals surface area contributed by atoms with Crippen molar-refractivity contribution in [1.82, 2.24) is 0 Å². The van der Waals surface area contributed by atoms with Crippen LogP contribution in [-0.2, 0) is 22.3 Å². The molecule has 0 N–H and O–H groups in total. The van der Waals surface area contributed by atoms with Crippen molar-refractivity contribution in [3.05, 3.63) is 40.2 Å². The van der Waals surface area contributed by atoms with Crippen LogP contribution < -0.4 is 29.7 Å². The lowest BCUT2D eigenvalue weighted by molar-refractivity contribution is -0.339. The number of fused-ring (bicyclic) bond motifs is 1. The van der Waals surface area contributed by atoms with Crippen molar-refractivity contribution in [3.8, 4) is 5.75 Å². The van der Waals surface area contributed by atoms with Gasteiger partial charge in [0.1, 0.15) is 11.3 Å². The fourth-order valence-corrected chi connectivity index (χ4v) is 4.62. The summed E-state index contributed by atoms with van der Waals surface area (Å²) in [6.07, 6.45) is 0. The number of hydrogen-bond donors (Lipinski definition) is 0. The molecule has 25 heavy (non-hydrogen) atoms. The third kappa shape index (κ3) is 5.86. The molecule has 0 aliphatic heterocycles. The first kappa shape index (κ1) is 20.0. The summed E-state index contributed by atoms with van der Waals surface area (Å²) in [7, 11) is -17.8. The first-order valence-electron chi connectivity index (χ1n) is 6.07. The Balaban J connectivity index is 2.27. The molecule has 0 radical (unpaired) electrons. The maximum atomic E-state index is 11.5. The Morgan fingerprint density at radius 1 is 0.960 bits per heavy atom. The van der Waals surface area contributed by atoms with E-state index >= 15 is 0 Å². The Kier molecular flexibility index (Phi) is 5.42. The van der Waals surface area contributed by atoms with E-state index in [0.29, 0.717) is 10.9 Å². The minimum absolute atomic E-state index is 0.0623. The molecule has 0 saturated carbocycles. The van der Waals surface area contributed by atoms with Crippen LogP contribution in [0.4, 0.5) is 0 Å². The highest BCUT2D eigenvalue weighted by molar-refractivity contribution is 7.65. The Labute approximate surface area is 139 Å². The first-order valence-corrected chi connectivity index (χ1v) is 10.5. The van der Waals surface area contributed by atoms with E-state index in [1.54, 1.807) is 6.92 Å². The molecular weight excluding hydrogens is 405 g/mol. The van der Waals surface area contributed by atoms with E-state index in [2.05, 4.69) is 13.1 Å². The van der Waals surface area contributed by atoms with Gasteiger partial charge in [-0.2, -0.15) is 0 Å². The van der Waals surface area contributed by atoms with Gasteiger partial charge in [-0.3, -0.25) is 13.4 Å². The number of phosphoric acid groups is 3. The van der Waals surface area contributed by atoms with E-state index in [0.717, 1.165) is 12.1 Å². The molecule has 2 atom stereocenters. The lowest BCUT2D eigenvalue weighted by Gasteiger charge is -2.37. The van der Waals surface area contributed by atoms with Crippen LogP contribution in [0, 0.1) is 6.92 Å². The quantitative estimate of drug-likeness (QED) is 0.426. The van der Waals surface area contributed by atoms with Gasteiger partial charge in [0.15, 0.2) is 0 Å². The van der Waals surface area contributed by atoms with E-state index in [9.17, 15) is 38.1 Å². The van der Waals surface area contributed by atoms with E-state index in [1.807, 2.05) is 0 Å². The van der Waals surface area contributed by atoms with Crippen molar-refractivity contribution >= 4 is 34.4 Å². The average molecular weight is 412 g/mol. The summed E-state index contributed by atoms with van der Waals surface area (Å²) < 4.78 is 48.4. The lowest BCUT2D eigenvalue weighted by atomic mass is 10.1. The van der Waals surface area contributed by atoms with Crippen LogP contribution in [0.1, 0.15) is 5.56 Å². The van der Waals surface area contributed by atoms with Crippen LogP contribution in [0.15, 0.2) is 33.5 Å². The molecule has 2 rings (SSSR count). The second-order valence-electron chi connectivity index (χ2n) is 4.50. The van der Waals surface area contributed by atoms with Gasteiger partial charge in [0.2, 0.25) is 0 Å². The highest BCUT2D eigenvalue weighted by Gasteiger charge is 2.23. The maximum absolute atomic E-state index is 11.5. The Bertz CT molecular complexity index is 1000. The van der Waals surface area contributed by atoms with E-state index in [-0.39, 0.29) is 5.58 Å². The van der Waals surface area contributed by atoms with Crippen molar-refractivity contribution in [2.45, 2.75) is 6.92 Å². The second-order valence-corrected chi connectivity index (χ2v) is 8.67. The van der Waals surface area contributed by atoms with Crippen LogP contribution in [0.2, 0.25) is 0 Å². The minimum atomic E-state index is -6.07. The average Bonchev–Trinajstić information content (AvgIpc) is 2.32. The third-order valence-corrected chi connectivity index (χ3v) is 6.17. The zero-order valence-electron chi connectivity index (χ0n) is 12.1. The van der Waals surface area contributed by atoms with Gasteiger partial charge in [-0.05, 0) is 24.6 Å². The van der Waals surface area contributed by atoms with E-state index in [4.69, 9.17) is 4.42 Å². The standard InChI is InChI=1S/C10H11O12P3/c1-6-4-10(11)19-9-5-7(2-3-8(6)9)20-24(15,16)22-25(17,18)21-23(12,13)14/h2-5H,1H3,(H,15,16)(H,17,18)(H2,12,13,14)/p-4. The molecular formula is C10H7O12P3-4. The van der Waals surface area contributed by atoms with Crippen molar-refractivity contribution in [2.24, 2.45) is 0 Å². The molecule has 0 saturated heterocycles. The first-order chi connectivity index (χ1) is 11.3. The lowest BCUT2D eigenvalue weighted by Crippen LogP contribution is -2.20. The van der Waals surface area contributed by atoms with Crippen LogP contribution >= 0.6 is 23.5 Å². The second kappa shape index (κ2) is 6.77. The summed E-state index contributed by atoms with van der Waals surface area (Å²) in [5.41, 5.74) is -0.256. The maximum Gasteiger partial charge on any atom is 0.336 e. The molecule has 0 spiro atoms. The number of benzene rings is 1. The van der Waals surface area contributed by atoms with Gasteiger partial charge in [-0.15, -0.1) is 0 Å². The zero-order chi connectivity index (χ0) is 19.0. The monoisotopic (exact) mass is 412 g/mol. The SMILES string of the molecule is Cc1cc(=O)oc2cc(OP(=O)([O-])OP(=O)([O-])OP(=O)([O-])[O-])ccc12. The predicted molar refractivity (Wildman–Crippen MR) is 72.8 cm³/mol. The van der Waals surface area contributed by atoms with Gasteiger partial charge < -0.3 is 33.1 Å². The van der Waals surface area contributed by atoms with Crippen LogP contribution in [0.5, 0.6) is 5.75 Å². The van der Waals surface area contributed by atoms with Crippen LogP contribution in [0.25, 0.3) is 11.0 Å². The molecule has 0 aliphatic rings. The topological polar surface area (TPSA) is 201 Å². The van der Waals surface area contributed by atoms with Crippen molar-refractivity contribution < 1.29 is 50.8 Å². The van der Waals surface area contributed by atoms with Crippen LogP contribution in [0.3, 0.4) is 0 Å². The molecule has 138 valence electrons. The largest absolute Gasteiger partial charge is 0.790 e. The number of aryl methyl sites for hydroxylation is 1. The number of hydrogen-bond acceptors (Lipinski definition) is 12. The number of phosphoric ester groups is 1. The minimum Gasteiger partial charge on any atom is -0.790 e. The van der Waals surface area contributed by atoms with Gasteiger partial charge in [-0.1, -0.05) is 0 Å². The van der Waals surface area contributed by atoms with Gasteiger partial charge in [-0.25, -0.2) is 9.11 Å². The smallest absolute Gasteiger partial charge is 0.336 e. The molecule has 1 heterocycles. The molecule has 2 aromatic rings. The van der Waals surface area contributed by atoms with Gasteiger partial charge >= 0.3 is 13.4 Å². The summed E-state index contributed by atoms with van der Waals surface area (Å²) in [4.78, 5) is 54.3. The highest BCUT2D eigenvalue weighted by atomic mass is 31.3. The van der Waals surface area contributed by atoms with Crippen molar-refractivity contribution in [1.29, 1.82) is 0 Å². The van der Waals surface area contributed by atoms with Crippen molar-refractivity contribution in [3.63, 3.8) is 0 Å².